The predicted molar refractivity (Wildman–Crippen MR) is 64.1 cm³/mol. The first-order valence-corrected chi connectivity index (χ1v) is 5.51. The van der Waals surface area contributed by atoms with Crippen molar-refractivity contribution in [2.45, 2.75) is 39.3 Å². The summed E-state index contributed by atoms with van der Waals surface area (Å²) >= 11 is 0. The van der Waals surface area contributed by atoms with E-state index in [1.807, 2.05) is 40.9 Å². The number of nitrogens with one attached hydrogen (secondary N) is 2. The molecular weight excluding hydrogens is 220 g/mol. The Morgan fingerprint density at radius 3 is 2.65 bits per heavy atom. The van der Waals surface area contributed by atoms with Gasteiger partial charge in [-0.25, -0.2) is 10.2 Å². The van der Waals surface area contributed by atoms with Crippen molar-refractivity contribution in [2.24, 2.45) is 7.05 Å². The van der Waals surface area contributed by atoms with Crippen LogP contribution in [0.5, 0.6) is 0 Å². The molecule has 1 amide bonds. The van der Waals surface area contributed by atoms with Gasteiger partial charge >= 0.3 is 6.09 Å². The summed E-state index contributed by atoms with van der Waals surface area (Å²) in [5.74, 6) is 0. The molecule has 1 atom stereocenters. The summed E-state index contributed by atoms with van der Waals surface area (Å²) in [6.45, 7) is 7.37. The zero-order valence-electron chi connectivity index (χ0n) is 10.9. The lowest BCUT2D eigenvalue weighted by Gasteiger charge is -2.21. The Labute approximate surface area is 101 Å². The van der Waals surface area contributed by atoms with Crippen LogP contribution in [0.1, 0.15) is 39.3 Å². The van der Waals surface area contributed by atoms with E-state index >= 15 is 0 Å². The molecule has 0 spiro atoms. The summed E-state index contributed by atoms with van der Waals surface area (Å²) in [4.78, 5) is 11.4. The minimum absolute atomic E-state index is 0.0313. The summed E-state index contributed by atoms with van der Waals surface area (Å²) in [7, 11) is 1.84. The van der Waals surface area contributed by atoms with Crippen molar-refractivity contribution in [3.05, 3.63) is 18.0 Å². The molecule has 0 aliphatic heterocycles. The van der Waals surface area contributed by atoms with Crippen LogP contribution >= 0.6 is 0 Å². The molecule has 0 radical (unpaired) electrons. The van der Waals surface area contributed by atoms with Gasteiger partial charge in [-0.1, -0.05) is 0 Å². The van der Waals surface area contributed by atoms with Gasteiger partial charge < -0.3 is 4.74 Å². The van der Waals surface area contributed by atoms with Crippen molar-refractivity contribution in [3.8, 4) is 0 Å². The number of carbonyl (C=O) groups excluding carboxylic acids is 1. The average Bonchev–Trinajstić information content (AvgIpc) is 2.58. The first kappa shape index (κ1) is 13.5. The van der Waals surface area contributed by atoms with Crippen LogP contribution in [0.15, 0.2) is 12.4 Å². The van der Waals surface area contributed by atoms with Gasteiger partial charge in [-0.2, -0.15) is 5.10 Å². The summed E-state index contributed by atoms with van der Waals surface area (Å²) in [5, 5.41) is 4.06. The minimum Gasteiger partial charge on any atom is -0.443 e. The lowest BCUT2D eigenvalue weighted by molar-refractivity contribution is 0.0489. The highest BCUT2D eigenvalue weighted by Crippen LogP contribution is 2.09. The average molecular weight is 240 g/mol. The largest absolute Gasteiger partial charge is 0.443 e. The molecule has 0 saturated carbocycles. The highest BCUT2D eigenvalue weighted by Gasteiger charge is 2.16. The monoisotopic (exact) mass is 240 g/mol. The molecule has 6 heteroatoms. The van der Waals surface area contributed by atoms with Gasteiger partial charge in [0.15, 0.2) is 0 Å². The number of rotatable bonds is 3. The maximum Gasteiger partial charge on any atom is 0.422 e. The van der Waals surface area contributed by atoms with E-state index < -0.39 is 11.7 Å². The van der Waals surface area contributed by atoms with Crippen molar-refractivity contribution >= 4 is 6.09 Å². The topological polar surface area (TPSA) is 68.2 Å². The zero-order valence-corrected chi connectivity index (χ0v) is 10.9. The van der Waals surface area contributed by atoms with E-state index in [0.717, 1.165) is 5.56 Å². The number of aromatic nitrogens is 2. The van der Waals surface area contributed by atoms with Crippen molar-refractivity contribution in [1.29, 1.82) is 0 Å². The van der Waals surface area contributed by atoms with E-state index in [1.54, 1.807) is 10.9 Å². The summed E-state index contributed by atoms with van der Waals surface area (Å²) in [5.41, 5.74) is 5.85. The van der Waals surface area contributed by atoms with Crippen molar-refractivity contribution in [3.63, 3.8) is 0 Å². The molecule has 1 rings (SSSR count). The molecular formula is C11H20N4O2. The fourth-order valence-electron chi connectivity index (χ4n) is 1.22. The molecule has 0 bridgehead atoms. The Bertz CT molecular complexity index is 381. The molecule has 0 aliphatic carbocycles. The Hall–Kier alpha value is -1.56. The van der Waals surface area contributed by atoms with E-state index in [1.165, 1.54) is 0 Å². The molecule has 0 fully saturated rings. The van der Waals surface area contributed by atoms with Crippen molar-refractivity contribution < 1.29 is 9.53 Å². The minimum atomic E-state index is -0.497. The summed E-state index contributed by atoms with van der Waals surface area (Å²) in [6, 6.07) is -0.0313. The van der Waals surface area contributed by atoms with Crippen molar-refractivity contribution in [1.82, 2.24) is 20.6 Å². The second-order valence-corrected chi connectivity index (χ2v) is 4.94. The normalized spacial score (nSPS) is 13.2. The van der Waals surface area contributed by atoms with Crippen LogP contribution in [0.3, 0.4) is 0 Å². The van der Waals surface area contributed by atoms with Gasteiger partial charge in [0.1, 0.15) is 5.60 Å². The van der Waals surface area contributed by atoms with Crippen LogP contribution in [0.4, 0.5) is 4.79 Å². The van der Waals surface area contributed by atoms with Crippen LogP contribution in [0, 0.1) is 0 Å². The number of aryl methyl sites for hydroxylation is 1. The SMILES string of the molecule is CC(NNC(=O)OC(C)(C)C)c1cnn(C)c1. The maximum absolute atomic E-state index is 11.4. The molecule has 1 aromatic rings. The van der Waals surface area contributed by atoms with Gasteiger partial charge in [0, 0.05) is 18.8 Å². The fourth-order valence-corrected chi connectivity index (χ4v) is 1.22. The van der Waals surface area contributed by atoms with Gasteiger partial charge in [0.25, 0.3) is 0 Å². The first-order valence-electron chi connectivity index (χ1n) is 5.51. The number of ether oxygens (including phenoxy) is 1. The van der Waals surface area contributed by atoms with E-state index in [4.69, 9.17) is 4.74 Å². The van der Waals surface area contributed by atoms with Crippen LogP contribution in [-0.4, -0.2) is 21.5 Å². The standard InChI is InChI=1S/C11H20N4O2/c1-8(9-6-12-15(5)7-9)13-14-10(16)17-11(2,3)4/h6-8,13H,1-5H3,(H,14,16). The molecule has 1 unspecified atom stereocenters. The van der Waals surface area contributed by atoms with E-state index in [0.29, 0.717) is 0 Å². The number of hydrazine groups is 1. The van der Waals surface area contributed by atoms with Crippen LogP contribution in [0.25, 0.3) is 0 Å². The molecule has 1 heterocycles. The molecule has 6 nitrogen and oxygen atoms in total. The predicted octanol–water partition coefficient (Wildman–Crippen LogP) is 1.51. The van der Waals surface area contributed by atoms with Gasteiger partial charge in [-0.05, 0) is 27.7 Å². The highest BCUT2D eigenvalue weighted by molar-refractivity contribution is 5.67. The molecule has 0 aromatic carbocycles. The lowest BCUT2D eigenvalue weighted by atomic mass is 10.2. The Morgan fingerprint density at radius 2 is 2.18 bits per heavy atom. The summed E-state index contributed by atoms with van der Waals surface area (Å²) in [6.07, 6.45) is 3.14. The molecule has 2 N–H and O–H groups in total. The van der Waals surface area contributed by atoms with Crippen LogP contribution in [0.2, 0.25) is 0 Å². The Morgan fingerprint density at radius 1 is 1.53 bits per heavy atom. The quantitative estimate of drug-likeness (QED) is 0.786. The molecule has 96 valence electrons. The number of hydrogen-bond donors (Lipinski definition) is 2. The number of amides is 1. The van der Waals surface area contributed by atoms with E-state index in [2.05, 4.69) is 16.0 Å². The molecule has 17 heavy (non-hydrogen) atoms. The van der Waals surface area contributed by atoms with Crippen molar-refractivity contribution in [2.75, 3.05) is 0 Å². The molecule has 0 saturated heterocycles. The Balaban J connectivity index is 2.38. The third-order valence-corrected chi connectivity index (χ3v) is 2.01. The lowest BCUT2D eigenvalue weighted by Crippen LogP contribution is -2.42. The molecule has 1 aromatic heterocycles. The highest BCUT2D eigenvalue weighted by atomic mass is 16.6. The second kappa shape index (κ2) is 5.18. The summed E-state index contributed by atoms with van der Waals surface area (Å²) < 4.78 is 6.81. The number of nitrogens with zero attached hydrogens (tertiary/aromatic N) is 2. The van der Waals surface area contributed by atoms with Gasteiger partial charge in [0.2, 0.25) is 0 Å². The third kappa shape index (κ3) is 4.86. The van der Waals surface area contributed by atoms with E-state index in [-0.39, 0.29) is 6.04 Å². The van der Waals surface area contributed by atoms with Crippen LogP contribution in [-0.2, 0) is 11.8 Å². The smallest absolute Gasteiger partial charge is 0.422 e. The van der Waals surface area contributed by atoms with Crippen LogP contribution < -0.4 is 10.9 Å². The molecule has 0 aliphatic rings. The zero-order chi connectivity index (χ0) is 13.1. The van der Waals surface area contributed by atoms with Gasteiger partial charge in [0.05, 0.1) is 12.2 Å². The van der Waals surface area contributed by atoms with Gasteiger partial charge in [-0.15, -0.1) is 0 Å². The fraction of sp³-hybridized carbons (Fsp3) is 0.636. The van der Waals surface area contributed by atoms with E-state index in [9.17, 15) is 4.79 Å². The second-order valence-electron chi connectivity index (χ2n) is 4.94. The number of hydrogen-bond acceptors (Lipinski definition) is 4. The maximum atomic E-state index is 11.4. The van der Waals surface area contributed by atoms with Gasteiger partial charge in [-0.3, -0.25) is 10.1 Å². The first-order chi connectivity index (χ1) is 7.78. The number of carbonyl (C=O) groups is 1. The third-order valence-electron chi connectivity index (χ3n) is 2.01. The Kier molecular flexibility index (Phi) is 4.11.